The molecule has 0 bridgehead atoms. The second-order valence-corrected chi connectivity index (χ2v) is 5.41. The number of carbonyl (C=O) groups excluding carboxylic acids is 1. The average molecular weight is 331 g/mol. The molecule has 4 heteroatoms. The number of nitrogens with zero attached hydrogens (tertiary/aromatic N) is 1. The molecule has 0 aliphatic carbocycles. The van der Waals surface area contributed by atoms with Crippen molar-refractivity contribution in [3.8, 4) is 5.75 Å². The van der Waals surface area contributed by atoms with Crippen molar-refractivity contribution in [2.45, 2.75) is 6.61 Å². The van der Waals surface area contributed by atoms with Crippen LogP contribution < -0.4 is 4.74 Å². The van der Waals surface area contributed by atoms with Crippen LogP contribution in [0.15, 0.2) is 83.9 Å². The Balaban J connectivity index is 1.65. The van der Waals surface area contributed by atoms with Gasteiger partial charge in [0.05, 0.1) is 17.9 Å². The molecular formula is C21H17NO3. The maximum absolute atomic E-state index is 12.0. The van der Waals surface area contributed by atoms with Crippen molar-refractivity contribution in [2.24, 2.45) is 4.99 Å². The van der Waals surface area contributed by atoms with E-state index in [-0.39, 0.29) is 12.6 Å². The third-order valence-electron chi connectivity index (χ3n) is 3.56. The Morgan fingerprint density at radius 2 is 1.72 bits per heavy atom. The highest BCUT2D eigenvalue weighted by Gasteiger charge is 2.07. The minimum Gasteiger partial charge on any atom is -0.423 e. The topological polar surface area (TPSA) is 58.9 Å². The maximum atomic E-state index is 12.0. The van der Waals surface area contributed by atoms with Gasteiger partial charge in [0.25, 0.3) is 0 Å². The fourth-order valence-corrected chi connectivity index (χ4v) is 2.25. The number of ether oxygens (including phenoxy) is 1. The van der Waals surface area contributed by atoms with Crippen molar-refractivity contribution in [1.82, 2.24) is 0 Å². The summed E-state index contributed by atoms with van der Waals surface area (Å²) >= 11 is 0. The molecule has 124 valence electrons. The number of esters is 1. The number of aliphatic hydroxyl groups excluding tert-OH is 1. The number of aliphatic imine (C=N–C) groups is 1. The Bertz CT molecular complexity index is 871. The van der Waals surface area contributed by atoms with E-state index in [1.807, 2.05) is 42.5 Å². The molecule has 0 spiro atoms. The highest BCUT2D eigenvalue weighted by molar-refractivity contribution is 5.91. The Labute approximate surface area is 146 Å². The van der Waals surface area contributed by atoms with Crippen molar-refractivity contribution in [1.29, 1.82) is 0 Å². The molecule has 0 radical (unpaired) electrons. The van der Waals surface area contributed by atoms with Crippen LogP contribution in [0, 0.1) is 0 Å². The Morgan fingerprint density at radius 1 is 0.960 bits per heavy atom. The van der Waals surface area contributed by atoms with Crippen LogP contribution in [0.5, 0.6) is 5.75 Å². The van der Waals surface area contributed by atoms with Crippen molar-refractivity contribution in [3.63, 3.8) is 0 Å². The number of rotatable bonds is 5. The Morgan fingerprint density at radius 3 is 2.44 bits per heavy atom. The minimum atomic E-state index is -0.386. The summed E-state index contributed by atoms with van der Waals surface area (Å²) in [7, 11) is 0. The largest absolute Gasteiger partial charge is 0.423 e. The highest BCUT2D eigenvalue weighted by atomic mass is 16.5. The van der Waals surface area contributed by atoms with Crippen LogP contribution in [0.2, 0.25) is 0 Å². The van der Waals surface area contributed by atoms with Gasteiger partial charge in [-0.1, -0.05) is 30.3 Å². The Kier molecular flexibility index (Phi) is 5.34. The quantitative estimate of drug-likeness (QED) is 0.434. The molecule has 0 aliphatic heterocycles. The van der Waals surface area contributed by atoms with Crippen LogP contribution in [0.4, 0.5) is 5.69 Å². The summed E-state index contributed by atoms with van der Waals surface area (Å²) in [5.74, 6) is 0.0936. The van der Waals surface area contributed by atoms with Gasteiger partial charge in [-0.15, -0.1) is 0 Å². The van der Waals surface area contributed by atoms with Crippen molar-refractivity contribution < 1.29 is 14.6 Å². The smallest absolute Gasteiger partial charge is 0.343 e. The van der Waals surface area contributed by atoms with E-state index in [1.165, 1.54) is 0 Å². The zero-order valence-corrected chi connectivity index (χ0v) is 13.5. The molecule has 0 heterocycles. The average Bonchev–Trinajstić information content (AvgIpc) is 2.68. The summed E-state index contributed by atoms with van der Waals surface area (Å²) in [6, 6.07) is 23.4. The molecule has 1 N–H and O–H groups in total. The molecule has 3 aromatic rings. The third kappa shape index (κ3) is 4.62. The van der Waals surface area contributed by atoms with Gasteiger partial charge in [0.15, 0.2) is 0 Å². The summed E-state index contributed by atoms with van der Waals surface area (Å²) < 4.78 is 5.34. The minimum absolute atomic E-state index is 0.00909. The molecule has 0 saturated carbocycles. The van der Waals surface area contributed by atoms with Gasteiger partial charge in [0, 0.05) is 6.21 Å². The number of hydrogen-bond acceptors (Lipinski definition) is 4. The first kappa shape index (κ1) is 16.6. The van der Waals surface area contributed by atoms with Gasteiger partial charge in [-0.05, 0) is 59.7 Å². The predicted octanol–water partition coefficient (Wildman–Crippen LogP) is 4.15. The first-order valence-corrected chi connectivity index (χ1v) is 7.86. The zero-order valence-electron chi connectivity index (χ0n) is 13.5. The SMILES string of the molecule is O=C(Oc1ccc(C=Nc2cccc(CO)c2)cc1)c1ccccc1. The van der Waals surface area contributed by atoms with Gasteiger partial charge >= 0.3 is 5.97 Å². The lowest BCUT2D eigenvalue weighted by atomic mass is 10.2. The van der Waals surface area contributed by atoms with E-state index in [2.05, 4.69) is 4.99 Å². The molecule has 0 aliphatic rings. The fourth-order valence-electron chi connectivity index (χ4n) is 2.25. The van der Waals surface area contributed by atoms with Crippen LogP contribution in [0.3, 0.4) is 0 Å². The Hall–Kier alpha value is -3.24. The van der Waals surface area contributed by atoms with Crippen molar-refractivity contribution in [2.75, 3.05) is 0 Å². The van der Waals surface area contributed by atoms with Crippen LogP contribution >= 0.6 is 0 Å². The van der Waals surface area contributed by atoms with E-state index in [4.69, 9.17) is 9.84 Å². The van der Waals surface area contributed by atoms with Crippen molar-refractivity contribution >= 4 is 17.9 Å². The summed E-state index contributed by atoms with van der Waals surface area (Å²) in [4.78, 5) is 16.4. The highest BCUT2D eigenvalue weighted by Crippen LogP contribution is 2.16. The first-order valence-electron chi connectivity index (χ1n) is 7.86. The monoisotopic (exact) mass is 331 g/mol. The normalized spacial score (nSPS) is 10.8. The molecule has 0 amide bonds. The predicted molar refractivity (Wildman–Crippen MR) is 97.5 cm³/mol. The van der Waals surface area contributed by atoms with Gasteiger partial charge in [0.2, 0.25) is 0 Å². The summed E-state index contributed by atoms with van der Waals surface area (Å²) in [5, 5.41) is 9.14. The summed E-state index contributed by atoms with van der Waals surface area (Å²) in [6.45, 7) is -0.00909. The van der Waals surface area contributed by atoms with Crippen molar-refractivity contribution in [3.05, 3.63) is 95.6 Å². The number of aliphatic hydroxyl groups is 1. The second-order valence-electron chi connectivity index (χ2n) is 5.41. The maximum Gasteiger partial charge on any atom is 0.343 e. The molecule has 0 saturated heterocycles. The second kappa shape index (κ2) is 8.04. The van der Waals surface area contributed by atoms with Crippen LogP contribution in [0.25, 0.3) is 0 Å². The third-order valence-corrected chi connectivity index (χ3v) is 3.56. The molecule has 0 aromatic heterocycles. The van der Waals surface area contributed by atoms with E-state index in [0.29, 0.717) is 11.3 Å². The number of hydrogen-bond donors (Lipinski definition) is 1. The molecular weight excluding hydrogens is 314 g/mol. The number of carbonyl (C=O) groups is 1. The van der Waals surface area contributed by atoms with Crippen LogP contribution in [0.1, 0.15) is 21.5 Å². The van der Waals surface area contributed by atoms with E-state index in [1.54, 1.807) is 42.6 Å². The first-order chi connectivity index (χ1) is 12.2. The van der Waals surface area contributed by atoms with Gasteiger partial charge in [-0.2, -0.15) is 0 Å². The molecule has 0 fully saturated rings. The lowest BCUT2D eigenvalue weighted by Crippen LogP contribution is -2.07. The van der Waals surface area contributed by atoms with Crippen LogP contribution in [-0.2, 0) is 6.61 Å². The van der Waals surface area contributed by atoms with E-state index in [9.17, 15) is 4.79 Å². The number of benzene rings is 3. The molecule has 0 unspecified atom stereocenters. The molecule has 0 atom stereocenters. The van der Waals surface area contributed by atoms with Gasteiger partial charge < -0.3 is 9.84 Å². The van der Waals surface area contributed by atoms with Gasteiger partial charge in [-0.25, -0.2) is 4.79 Å². The fraction of sp³-hybridized carbons (Fsp3) is 0.0476. The van der Waals surface area contributed by atoms with E-state index < -0.39 is 0 Å². The lowest BCUT2D eigenvalue weighted by molar-refractivity contribution is 0.0735. The molecule has 25 heavy (non-hydrogen) atoms. The van der Waals surface area contributed by atoms with Gasteiger partial charge in [-0.3, -0.25) is 4.99 Å². The molecule has 3 aromatic carbocycles. The lowest BCUT2D eigenvalue weighted by Gasteiger charge is -2.04. The molecule has 3 rings (SSSR count). The standard InChI is InChI=1S/C21H17NO3/c23-15-17-5-4-8-19(13-17)22-14-16-9-11-20(12-10-16)25-21(24)18-6-2-1-3-7-18/h1-14,23H,15H2. The molecule has 4 nitrogen and oxygen atoms in total. The van der Waals surface area contributed by atoms with Gasteiger partial charge in [0.1, 0.15) is 5.75 Å². The van der Waals surface area contributed by atoms with E-state index in [0.717, 1.165) is 16.8 Å². The summed E-state index contributed by atoms with van der Waals surface area (Å²) in [5.41, 5.74) is 2.98. The summed E-state index contributed by atoms with van der Waals surface area (Å²) in [6.07, 6.45) is 1.72. The van der Waals surface area contributed by atoms with Crippen LogP contribution in [-0.4, -0.2) is 17.3 Å². The van der Waals surface area contributed by atoms with E-state index >= 15 is 0 Å². The zero-order chi connectivity index (χ0) is 17.5.